The van der Waals surface area contributed by atoms with Crippen molar-refractivity contribution in [2.75, 3.05) is 0 Å². The van der Waals surface area contributed by atoms with E-state index in [1.165, 1.54) is 0 Å². The third-order valence-corrected chi connectivity index (χ3v) is 9.00. The first-order valence-electron chi connectivity index (χ1n) is 2.45. The molecular formula is Mg2O8Si3. The van der Waals surface area contributed by atoms with E-state index < -0.39 is 27.1 Å². The topological polar surface area (TPSA) is 129 Å². The smallest absolute Gasteiger partial charge is 0.829 e. The molecule has 0 aliphatic carbocycles. The van der Waals surface area contributed by atoms with Gasteiger partial charge in [0.15, 0.2) is 0 Å². The summed E-state index contributed by atoms with van der Waals surface area (Å²) in [5.74, 6) is 0. The van der Waals surface area contributed by atoms with Crippen LogP contribution in [0.1, 0.15) is 0 Å². The van der Waals surface area contributed by atoms with Crippen LogP contribution >= 0.6 is 0 Å². The standard InChI is InChI=1S/2Mg.O8Si3/c;;1-9(2)5-11(6-9)7-10(3,4)8-11/q2*+2;-4. The van der Waals surface area contributed by atoms with Crippen LogP contribution in [0.2, 0.25) is 0 Å². The van der Waals surface area contributed by atoms with Gasteiger partial charge in [-0.1, -0.05) is 0 Å². The van der Waals surface area contributed by atoms with Crippen molar-refractivity contribution < 1.29 is 35.6 Å². The maximum absolute atomic E-state index is 10.2. The predicted octanol–water partition coefficient (Wildman–Crippen LogP) is -6.93. The van der Waals surface area contributed by atoms with Gasteiger partial charge in [-0.2, -0.15) is 0 Å². The summed E-state index contributed by atoms with van der Waals surface area (Å²) in [4.78, 5) is 40.8. The van der Waals surface area contributed by atoms with Crippen LogP contribution in [-0.2, 0) is 16.5 Å². The number of rotatable bonds is 0. The molecule has 13 heavy (non-hydrogen) atoms. The van der Waals surface area contributed by atoms with Crippen molar-refractivity contribution in [2.45, 2.75) is 0 Å². The van der Waals surface area contributed by atoms with Gasteiger partial charge in [0.25, 0.3) is 0 Å². The Morgan fingerprint density at radius 2 is 0.846 bits per heavy atom. The Hall–Kier alpha value is 1.86. The van der Waals surface area contributed by atoms with E-state index in [2.05, 4.69) is 16.5 Å². The van der Waals surface area contributed by atoms with E-state index in [1.807, 2.05) is 0 Å². The number of hydrogen-bond acceptors (Lipinski definition) is 8. The second-order valence-electron chi connectivity index (χ2n) is 1.91. The van der Waals surface area contributed by atoms with Gasteiger partial charge in [-0.25, -0.2) is 0 Å². The van der Waals surface area contributed by atoms with Crippen molar-refractivity contribution in [1.82, 2.24) is 0 Å². The van der Waals surface area contributed by atoms with Gasteiger partial charge >= 0.3 is 55.2 Å². The van der Waals surface area contributed by atoms with Crippen molar-refractivity contribution in [3.63, 3.8) is 0 Å². The molecule has 0 bridgehead atoms. The largest absolute Gasteiger partial charge is 2.00 e. The fraction of sp³-hybridized carbons (Fsp3) is 0. The molecule has 13 heteroatoms. The van der Waals surface area contributed by atoms with E-state index in [0.717, 1.165) is 0 Å². The predicted molar refractivity (Wildman–Crippen MR) is 33.1 cm³/mol. The summed E-state index contributed by atoms with van der Waals surface area (Å²) in [6.07, 6.45) is 0. The van der Waals surface area contributed by atoms with Crippen molar-refractivity contribution in [3.05, 3.63) is 0 Å². The van der Waals surface area contributed by atoms with Gasteiger partial charge in [0.2, 0.25) is 0 Å². The fourth-order valence-corrected chi connectivity index (χ4v) is 7.90. The molecule has 0 aromatic heterocycles. The van der Waals surface area contributed by atoms with Crippen LogP contribution in [0, 0.1) is 0 Å². The molecule has 0 amide bonds. The zero-order valence-corrected chi connectivity index (χ0v) is 12.0. The minimum atomic E-state index is -4.56. The number of hydrogen-bond donors (Lipinski definition) is 0. The Bertz CT molecular complexity index is 162. The van der Waals surface area contributed by atoms with Gasteiger partial charge in [-0.05, 0) is 0 Å². The van der Waals surface area contributed by atoms with E-state index in [1.54, 1.807) is 0 Å². The van der Waals surface area contributed by atoms with Gasteiger partial charge in [0, 0.05) is 0 Å². The molecule has 1 spiro atoms. The first-order valence-corrected chi connectivity index (χ1v) is 7.35. The molecule has 0 atom stereocenters. The van der Waals surface area contributed by atoms with Crippen molar-refractivity contribution in [2.24, 2.45) is 0 Å². The molecule has 2 aliphatic heterocycles. The van der Waals surface area contributed by atoms with Crippen LogP contribution in [0.15, 0.2) is 0 Å². The Balaban J connectivity index is 0.000000720. The van der Waals surface area contributed by atoms with Crippen molar-refractivity contribution in [1.29, 1.82) is 0 Å². The molecule has 2 heterocycles. The average molecular weight is 261 g/mol. The van der Waals surface area contributed by atoms with E-state index in [4.69, 9.17) is 0 Å². The van der Waals surface area contributed by atoms with Crippen molar-refractivity contribution >= 4 is 73.2 Å². The van der Waals surface area contributed by atoms with E-state index in [9.17, 15) is 19.2 Å². The van der Waals surface area contributed by atoms with E-state index >= 15 is 0 Å². The van der Waals surface area contributed by atoms with Gasteiger partial charge < -0.3 is 35.6 Å². The van der Waals surface area contributed by atoms with Crippen LogP contribution in [0.5, 0.6) is 0 Å². The summed E-state index contributed by atoms with van der Waals surface area (Å²) >= 11 is 0. The SMILES string of the molecule is [Mg+2].[Mg+2].[O-][Si]1([O-])O[Si]2(O1)O[Si]([O-])([O-])O2. The van der Waals surface area contributed by atoms with Crippen LogP contribution in [0.3, 0.4) is 0 Å². The maximum atomic E-state index is 10.2. The average Bonchev–Trinajstić information content (AvgIpc) is 1.52. The van der Waals surface area contributed by atoms with Crippen molar-refractivity contribution in [3.8, 4) is 0 Å². The molecule has 2 rings (SSSR count). The Kier molecular flexibility index (Phi) is 4.61. The molecule has 0 aromatic rings. The van der Waals surface area contributed by atoms with Crippen LogP contribution < -0.4 is 19.2 Å². The molecule has 2 fully saturated rings. The summed E-state index contributed by atoms with van der Waals surface area (Å²) in [5.41, 5.74) is 0. The third-order valence-electron chi connectivity index (χ3n) is 1.000. The monoisotopic (exact) mass is 260 g/mol. The summed E-state index contributed by atoms with van der Waals surface area (Å²) in [6, 6.07) is 0. The Morgan fingerprint density at radius 1 is 0.615 bits per heavy atom. The molecule has 2 aliphatic rings. The zero-order chi connectivity index (χ0) is 8.33. The molecule has 0 N–H and O–H groups in total. The summed E-state index contributed by atoms with van der Waals surface area (Å²) in [5, 5.41) is 0. The molecular weight excluding hydrogens is 261 g/mol. The summed E-state index contributed by atoms with van der Waals surface area (Å²) in [6.45, 7) is 0. The molecule has 2 saturated heterocycles. The van der Waals surface area contributed by atoms with Gasteiger partial charge in [-0.3, -0.25) is 0 Å². The quantitative estimate of drug-likeness (QED) is 0.393. The molecule has 0 saturated carbocycles. The molecule has 0 radical (unpaired) electrons. The summed E-state index contributed by atoms with van der Waals surface area (Å²) in [7, 11) is -12.8. The molecule has 64 valence electrons. The van der Waals surface area contributed by atoms with Gasteiger partial charge in [0.1, 0.15) is 18.1 Å². The Labute approximate surface area is 108 Å². The first-order chi connectivity index (χ1) is 4.83. The molecule has 8 nitrogen and oxygen atoms in total. The maximum Gasteiger partial charge on any atom is 2.00 e. The summed E-state index contributed by atoms with van der Waals surface area (Å²) < 4.78 is 16.1. The van der Waals surface area contributed by atoms with Gasteiger partial charge in [0.05, 0.1) is 0 Å². The van der Waals surface area contributed by atoms with Crippen LogP contribution in [0.4, 0.5) is 0 Å². The Morgan fingerprint density at radius 3 is 1.00 bits per heavy atom. The third kappa shape index (κ3) is 2.92. The second-order valence-corrected chi connectivity index (χ2v) is 8.17. The first kappa shape index (κ1) is 14.9. The second kappa shape index (κ2) is 4.03. The van der Waals surface area contributed by atoms with Crippen LogP contribution in [0.25, 0.3) is 0 Å². The molecule has 0 unspecified atom stereocenters. The van der Waals surface area contributed by atoms with Crippen LogP contribution in [-0.4, -0.2) is 73.2 Å². The normalized spacial score (nSPS) is 30.5. The fourth-order valence-electron chi connectivity index (χ4n) is 0.711. The van der Waals surface area contributed by atoms with Gasteiger partial charge in [-0.15, -0.1) is 0 Å². The molecule has 0 aromatic carbocycles. The zero-order valence-electron chi connectivity index (χ0n) is 6.18. The van der Waals surface area contributed by atoms with E-state index in [0.29, 0.717) is 0 Å². The minimum absolute atomic E-state index is 0. The van der Waals surface area contributed by atoms with E-state index in [-0.39, 0.29) is 46.1 Å². The minimum Gasteiger partial charge on any atom is -0.829 e.